The van der Waals surface area contributed by atoms with E-state index in [1.54, 1.807) is 0 Å². The molecule has 6 heteroatoms. The molecule has 0 aliphatic heterocycles. The van der Waals surface area contributed by atoms with E-state index in [0.29, 0.717) is 11.5 Å². The molecule has 1 heterocycles. The first-order valence-corrected chi connectivity index (χ1v) is 6.17. The molecule has 0 fully saturated rings. The molecule has 0 bridgehead atoms. The van der Waals surface area contributed by atoms with Gasteiger partial charge in [0.05, 0.1) is 11.4 Å². The van der Waals surface area contributed by atoms with E-state index in [1.807, 2.05) is 24.3 Å². The highest BCUT2D eigenvalue weighted by Gasteiger charge is 2.09. The van der Waals surface area contributed by atoms with Crippen LogP contribution in [-0.2, 0) is 0 Å². The first-order chi connectivity index (χ1) is 8.58. The summed E-state index contributed by atoms with van der Waals surface area (Å²) in [5.74, 6) is -0.736. The predicted octanol–water partition coefficient (Wildman–Crippen LogP) is 2.71. The molecule has 0 radical (unpaired) electrons. The number of hydrogen-bond donors (Lipinski definition) is 3. The van der Waals surface area contributed by atoms with E-state index < -0.39 is 5.97 Å². The van der Waals surface area contributed by atoms with Gasteiger partial charge in [-0.05, 0) is 46.9 Å². The number of rotatable bonds is 3. The third-order valence-electron chi connectivity index (χ3n) is 2.27. The number of nitrogens with zero attached hydrogens (tertiary/aromatic N) is 1. The smallest absolute Gasteiger partial charge is 0.354 e. The van der Waals surface area contributed by atoms with Crippen molar-refractivity contribution >= 4 is 45.8 Å². The Bertz CT molecular complexity index is 602. The summed E-state index contributed by atoms with van der Waals surface area (Å²) in [6.45, 7) is 0. The lowest BCUT2D eigenvalue weighted by Gasteiger charge is -2.10. The summed E-state index contributed by atoms with van der Waals surface area (Å²) in [6.07, 6.45) is 0. The second-order valence-electron chi connectivity index (χ2n) is 3.54. The average molecular weight is 355 g/mol. The zero-order valence-corrected chi connectivity index (χ0v) is 11.4. The number of benzene rings is 1. The molecular weight excluding hydrogens is 345 g/mol. The molecule has 2 aromatic rings. The first kappa shape index (κ1) is 12.6. The van der Waals surface area contributed by atoms with Crippen LogP contribution in [0.5, 0.6) is 0 Å². The number of carbonyl (C=O) groups is 1. The molecular formula is C12H10IN3O2. The van der Waals surface area contributed by atoms with Crippen LogP contribution >= 0.6 is 22.6 Å². The lowest BCUT2D eigenvalue weighted by molar-refractivity contribution is 0.0690. The van der Waals surface area contributed by atoms with Crippen molar-refractivity contribution < 1.29 is 9.90 Å². The summed E-state index contributed by atoms with van der Waals surface area (Å²) in [5.41, 5.74) is 6.96. The maximum Gasteiger partial charge on any atom is 0.354 e. The van der Waals surface area contributed by atoms with Gasteiger partial charge in [0.1, 0.15) is 0 Å². The summed E-state index contributed by atoms with van der Waals surface area (Å²) >= 11 is 2.17. The number of halogens is 1. The van der Waals surface area contributed by atoms with E-state index in [9.17, 15) is 4.79 Å². The quantitative estimate of drug-likeness (QED) is 0.737. The average Bonchev–Trinajstić information content (AvgIpc) is 2.34. The van der Waals surface area contributed by atoms with Crippen molar-refractivity contribution in [3.63, 3.8) is 0 Å². The zero-order valence-electron chi connectivity index (χ0n) is 9.22. The fraction of sp³-hybridized carbons (Fsp3) is 0. The van der Waals surface area contributed by atoms with Gasteiger partial charge in [-0.15, -0.1) is 0 Å². The number of aromatic carboxylic acids is 1. The summed E-state index contributed by atoms with van der Waals surface area (Å²) in [4.78, 5) is 14.8. The minimum absolute atomic E-state index is 0.0439. The highest BCUT2D eigenvalue weighted by Crippen LogP contribution is 2.24. The van der Waals surface area contributed by atoms with Crippen molar-refractivity contribution in [1.82, 2.24) is 4.98 Å². The van der Waals surface area contributed by atoms with Crippen molar-refractivity contribution in [1.29, 1.82) is 0 Å². The molecule has 0 saturated carbocycles. The van der Waals surface area contributed by atoms with Crippen LogP contribution in [0.1, 0.15) is 10.5 Å². The number of carboxylic acids is 1. The van der Waals surface area contributed by atoms with Crippen LogP contribution in [0.15, 0.2) is 36.4 Å². The molecule has 0 atom stereocenters. The summed E-state index contributed by atoms with van der Waals surface area (Å²) in [7, 11) is 0. The molecule has 2 rings (SSSR count). The fourth-order valence-electron chi connectivity index (χ4n) is 1.38. The van der Waals surface area contributed by atoms with E-state index in [2.05, 4.69) is 32.9 Å². The van der Waals surface area contributed by atoms with Gasteiger partial charge in [-0.2, -0.15) is 0 Å². The van der Waals surface area contributed by atoms with E-state index in [-0.39, 0.29) is 5.69 Å². The lowest BCUT2D eigenvalue weighted by Crippen LogP contribution is -2.06. The van der Waals surface area contributed by atoms with E-state index >= 15 is 0 Å². The van der Waals surface area contributed by atoms with Gasteiger partial charge < -0.3 is 16.2 Å². The predicted molar refractivity (Wildman–Crippen MR) is 78.1 cm³/mol. The van der Waals surface area contributed by atoms with Crippen molar-refractivity contribution in [3.05, 3.63) is 45.7 Å². The number of nitrogen functional groups attached to an aromatic ring is 1. The minimum atomic E-state index is -1.08. The van der Waals surface area contributed by atoms with E-state index in [4.69, 9.17) is 10.8 Å². The topological polar surface area (TPSA) is 88.2 Å². The lowest BCUT2D eigenvalue weighted by atomic mass is 10.3. The molecule has 0 amide bonds. The Morgan fingerprint density at radius 2 is 2.00 bits per heavy atom. The van der Waals surface area contributed by atoms with Gasteiger partial charge in [0, 0.05) is 3.57 Å². The van der Waals surface area contributed by atoms with Crippen molar-refractivity contribution in [3.8, 4) is 0 Å². The third kappa shape index (κ3) is 2.70. The maximum absolute atomic E-state index is 10.9. The maximum atomic E-state index is 10.9. The zero-order chi connectivity index (χ0) is 13.1. The van der Waals surface area contributed by atoms with Crippen molar-refractivity contribution in [2.75, 3.05) is 11.1 Å². The Morgan fingerprint density at radius 1 is 1.28 bits per heavy atom. The minimum Gasteiger partial charge on any atom is -0.477 e. The largest absolute Gasteiger partial charge is 0.477 e. The number of carboxylic acid groups (broad SMARTS) is 1. The fourth-order valence-corrected chi connectivity index (χ4v) is 1.90. The van der Waals surface area contributed by atoms with E-state index in [1.165, 1.54) is 12.1 Å². The van der Waals surface area contributed by atoms with Gasteiger partial charge >= 0.3 is 5.97 Å². The monoisotopic (exact) mass is 355 g/mol. The Morgan fingerprint density at radius 3 is 2.67 bits per heavy atom. The van der Waals surface area contributed by atoms with E-state index in [0.717, 1.165) is 9.26 Å². The number of pyridine rings is 1. The van der Waals surface area contributed by atoms with Gasteiger partial charge in [-0.1, -0.05) is 12.1 Å². The Hall–Kier alpha value is -1.83. The molecule has 0 aliphatic carbocycles. The standard InChI is InChI=1S/C12H10IN3O2/c13-7-3-1-2-4-9(7)15-11-8(14)5-6-10(16-11)12(17)18/h1-6H,14H2,(H,15,16)(H,17,18). The third-order valence-corrected chi connectivity index (χ3v) is 3.21. The normalized spacial score (nSPS) is 10.1. The molecule has 0 unspecified atom stereocenters. The highest BCUT2D eigenvalue weighted by atomic mass is 127. The molecule has 4 N–H and O–H groups in total. The van der Waals surface area contributed by atoms with Crippen LogP contribution < -0.4 is 11.1 Å². The van der Waals surface area contributed by atoms with Crippen molar-refractivity contribution in [2.24, 2.45) is 0 Å². The molecule has 0 saturated heterocycles. The number of anilines is 3. The van der Waals surface area contributed by atoms with Gasteiger partial charge in [0.25, 0.3) is 0 Å². The molecule has 0 spiro atoms. The van der Waals surface area contributed by atoms with Crippen LogP contribution in [0.25, 0.3) is 0 Å². The number of aromatic nitrogens is 1. The van der Waals surface area contributed by atoms with Crippen LogP contribution in [0.3, 0.4) is 0 Å². The number of nitrogens with two attached hydrogens (primary N) is 1. The molecule has 92 valence electrons. The van der Waals surface area contributed by atoms with Gasteiger partial charge in [0.2, 0.25) is 0 Å². The first-order valence-electron chi connectivity index (χ1n) is 5.09. The molecule has 18 heavy (non-hydrogen) atoms. The molecule has 0 aliphatic rings. The van der Waals surface area contributed by atoms with Gasteiger partial charge in [-0.3, -0.25) is 0 Å². The van der Waals surface area contributed by atoms with Gasteiger partial charge in [-0.25, -0.2) is 9.78 Å². The van der Waals surface area contributed by atoms with Crippen LogP contribution in [-0.4, -0.2) is 16.1 Å². The summed E-state index contributed by atoms with van der Waals surface area (Å²) in [6, 6.07) is 10.5. The van der Waals surface area contributed by atoms with Crippen molar-refractivity contribution in [2.45, 2.75) is 0 Å². The van der Waals surface area contributed by atoms with Gasteiger partial charge in [0.15, 0.2) is 11.5 Å². The van der Waals surface area contributed by atoms with Crippen LogP contribution in [0, 0.1) is 3.57 Å². The number of para-hydroxylation sites is 1. The summed E-state index contributed by atoms with van der Waals surface area (Å²) in [5, 5.41) is 11.9. The molecule has 5 nitrogen and oxygen atoms in total. The highest BCUT2D eigenvalue weighted by molar-refractivity contribution is 14.1. The summed E-state index contributed by atoms with van der Waals surface area (Å²) < 4.78 is 0.997. The van der Waals surface area contributed by atoms with Crippen LogP contribution in [0.2, 0.25) is 0 Å². The Balaban J connectivity index is 2.37. The Labute approximate surface area is 117 Å². The number of nitrogens with one attached hydrogen (secondary N) is 1. The molecule has 1 aromatic carbocycles. The second-order valence-corrected chi connectivity index (χ2v) is 4.71. The number of hydrogen-bond acceptors (Lipinski definition) is 4. The Kier molecular flexibility index (Phi) is 3.66. The SMILES string of the molecule is Nc1ccc(C(=O)O)nc1Nc1ccccc1I. The second kappa shape index (κ2) is 5.21. The molecule has 1 aromatic heterocycles. The van der Waals surface area contributed by atoms with Crippen LogP contribution in [0.4, 0.5) is 17.2 Å².